The maximum Gasteiger partial charge on any atom is 0.341 e. The Morgan fingerprint density at radius 1 is 1.25 bits per heavy atom. The summed E-state index contributed by atoms with van der Waals surface area (Å²) in [5.41, 5.74) is 2.16. The number of carbonyl (C=O) groups excluding carboxylic acids is 2. The maximum atomic E-state index is 12.0. The van der Waals surface area contributed by atoms with E-state index in [2.05, 4.69) is 5.32 Å². The first-order valence-electron chi connectivity index (χ1n) is 6.12. The number of ether oxygens (including phenoxy) is 1. The first-order valence-corrected chi connectivity index (χ1v) is 7.00. The first-order chi connectivity index (χ1) is 9.61. The summed E-state index contributed by atoms with van der Waals surface area (Å²) in [5, 5.41) is 5.13. The van der Waals surface area contributed by atoms with Gasteiger partial charge in [0.2, 0.25) is 5.91 Å². The van der Waals surface area contributed by atoms with Gasteiger partial charge >= 0.3 is 5.97 Å². The number of rotatable bonds is 4. The summed E-state index contributed by atoms with van der Waals surface area (Å²) >= 11 is 1.33. The number of amides is 1. The number of methoxy groups -OCH3 is 1. The predicted octanol–water partition coefficient (Wildman–Crippen LogP) is 3.02. The van der Waals surface area contributed by atoms with E-state index in [0.29, 0.717) is 10.6 Å². The van der Waals surface area contributed by atoms with Crippen molar-refractivity contribution in [3.05, 3.63) is 52.4 Å². The highest BCUT2D eigenvalue weighted by atomic mass is 32.1. The van der Waals surface area contributed by atoms with Crippen molar-refractivity contribution in [1.29, 1.82) is 0 Å². The number of benzene rings is 1. The van der Waals surface area contributed by atoms with Crippen LogP contribution < -0.4 is 5.32 Å². The Labute approximate surface area is 121 Å². The van der Waals surface area contributed by atoms with E-state index >= 15 is 0 Å². The van der Waals surface area contributed by atoms with Gasteiger partial charge < -0.3 is 10.1 Å². The molecule has 0 radical (unpaired) electrons. The van der Waals surface area contributed by atoms with Crippen molar-refractivity contribution in [2.45, 2.75) is 13.3 Å². The Hall–Kier alpha value is -2.14. The summed E-state index contributed by atoms with van der Waals surface area (Å²) < 4.78 is 4.73. The van der Waals surface area contributed by atoms with Crippen molar-refractivity contribution >= 4 is 28.2 Å². The molecule has 1 N–H and O–H groups in total. The van der Waals surface area contributed by atoms with Gasteiger partial charge in [-0.3, -0.25) is 4.79 Å². The molecule has 2 aromatic rings. The van der Waals surface area contributed by atoms with Crippen molar-refractivity contribution in [2.24, 2.45) is 0 Å². The van der Waals surface area contributed by atoms with E-state index in [-0.39, 0.29) is 12.3 Å². The van der Waals surface area contributed by atoms with Gasteiger partial charge in [0.15, 0.2) is 0 Å². The molecule has 0 saturated heterocycles. The monoisotopic (exact) mass is 289 g/mol. The number of nitrogens with one attached hydrogen (secondary N) is 1. The van der Waals surface area contributed by atoms with Gasteiger partial charge in [-0.05, 0) is 23.4 Å². The zero-order valence-electron chi connectivity index (χ0n) is 11.3. The standard InChI is InChI=1S/C15H15NO3S/c1-10-9-20-14(13(10)15(18)19-2)16-12(17)8-11-6-4-3-5-7-11/h3-7,9H,8H2,1-2H3,(H,16,17). The van der Waals surface area contributed by atoms with Crippen LogP contribution in [0.15, 0.2) is 35.7 Å². The van der Waals surface area contributed by atoms with Crippen LogP contribution in [-0.2, 0) is 16.0 Å². The number of carbonyl (C=O) groups is 2. The van der Waals surface area contributed by atoms with Crippen LogP contribution in [0.5, 0.6) is 0 Å². The molecule has 0 aliphatic rings. The van der Waals surface area contributed by atoms with Crippen molar-refractivity contribution in [3.63, 3.8) is 0 Å². The number of thiophene rings is 1. The second kappa shape index (κ2) is 6.34. The summed E-state index contributed by atoms with van der Waals surface area (Å²) in [4.78, 5) is 23.7. The van der Waals surface area contributed by atoms with Crippen LogP contribution in [-0.4, -0.2) is 19.0 Å². The van der Waals surface area contributed by atoms with Gasteiger partial charge in [0.25, 0.3) is 0 Å². The molecule has 0 fully saturated rings. The lowest BCUT2D eigenvalue weighted by atomic mass is 10.1. The van der Waals surface area contributed by atoms with Gasteiger partial charge in [-0.25, -0.2) is 4.79 Å². The molecule has 0 unspecified atom stereocenters. The fourth-order valence-electron chi connectivity index (χ4n) is 1.84. The van der Waals surface area contributed by atoms with E-state index in [1.807, 2.05) is 42.6 Å². The molecule has 2 rings (SSSR count). The van der Waals surface area contributed by atoms with E-state index in [9.17, 15) is 9.59 Å². The highest BCUT2D eigenvalue weighted by molar-refractivity contribution is 7.15. The highest BCUT2D eigenvalue weighted by Gasteiger charge is 2.18. The third-order valence-corrected chi connectivity index (χ3v) is 3.84. The van der Waals surface area contributed by atoms with Crippen molar-refractivity contribution in [2.75, 3.05) is 12.4 Å². The average Bonchev–Trinajstić information content (AvgIpc) is 2.80. The zero-order chi connectivity index (χ0) is 14.5. The number of hydrogen-bond donors (Lipinski definition) is 1. The summed E-state index contributed by atoms with van der Waals surface area (Å²) in [6.07, 6.45) is 0.276. The molecule has 1 heterocycles. The van der Waals surface area contributed by atoms with Crippen molar-refractivity contribution < 1.29 is 14.3 Å². The van der Waals surface area contributed by atoms with Crippen LogP contribution in [0.3, 0.4) is 0 Å². The van der Waals surface area contributed by atoms with Crippen LogP contribution in [0, 0.1) is 6.92 Å². The van der Waals surface area contributed by atoms with Crippen LogP contribution in [0.25, 0.3) is 0 Å². The molecule has 4 nitrogen and oxygen atoms in total. The van der Waals surface area contributed by atoms with Crippen LogP contribution >= 0.6 is 11.3 Å². The van der Waals surface area contributed by atoms with Crippen molar-refractivity contribution in [3.8, 4) is 0 Å². The van der Waals surface area contributed by atoms with Gasteiger partial charge in [0.1, 0.15) is 5.00 Å². The zero-order valence-corrected chi connectivity index (χ0v) is 12.1. The Morgan fingerprint density at radius 3 is 2.60 bits per heavy atom. The van der Waals surface area contributed by atoms with Crippen molar-refractivity contribution in [1.82, 2.24) is 0 Å². The van der Waals surface area contributed by atoms with E-state index in [4.69, 9.17) is 4.74 Å². The minimum absolute atomic E-state index is 0.150. The van der Waals surface area contributed by atoms with Crippen LogP contribution in [0.2, 0.25) is 0 Å². The van der Waals surface area contributed by atoms with E-state index in [1.165, 1.54) is 18.4 Å². The fraction of sp³-hybridized carbons (Fsp3) is 0.200. The smallest absolute Gasteiger partial charge is 0.341 e. The molecule has 20 heavy (non-hydrogen) atoms. The Kier molecular flexibility index (Phi) is 4.53. The summed E-state index contributed by atoms with van der Waals surface area (Å²) in [6.45, 7) is 1.82. The number of esters is 1. The Balaban J connectivity index is 2.11. The number of anilines is 1. The Bertz CT molecular complexity index is 619. The number of aryl methyl sites for hydroxylation is 1. The minimum Gasteiger partial charge on any atom is -0.465 e. The molecular weight excluding hydrogens is 274 g/mol. The number of hydrogen-bond acceptors (Lipinski definition) is 4. The molecule has 0 aliphatic heterocycles. The summed E-state index contributed by atoms with van der Waals surface area (Å²) in [5.74, 6) is -0.582. The minimum atomic E-state index is -0.432. The lowest BCUT2D eigenvalue weighted by molar-refractivity contribution is -0.115. The van der Waals surface area contributed by atoms with Gasteiger partial charge in [-0.2, -0.15) is 0 Å². The molecule has 0 spiro atoms. The fourth-order valence-corrected chi connectivity index (χ4v) is 2.79. The molecule has 1 aromatic heterocycles. The predicted molar refractivity (Wildman–Crippen MR) is 79.2 cm³/mol. The lowest BCUT2D eigenvalue weighted by Crippen LogP contribution is -2.16. The second-order valence-electron chi connectivity index (χ2n) is 4.32. The largest absolute Gasteiger partial charge is 0.465 e. The van der Waals surface area contributed by atoms with Gasteiger partial charge in [-0.15, -0.1) is 11.3 Å². The quantitative estimate of drug-likeness (QED) is 0.880. The van der Waals surface area contributed by atoms with Crippen LogP contribution in [0.4, 0.5) is 5.00 Å². The van der Waals surface area contributed by atoms with Gasteiger partial charge in [-0.1, -0.05) is 30.3 Å². The third-order valence-electron chi connectivity index (χ3n) is 2.82. The normalized spacial score (nSPS) is 10.1. The third kappa shape index (κ3) is 3.24. The van der Waals surface area contributed by atoms with Crippen LogP contribution in [0.1, 0.15) is 21.5 Å². The average molecular weight is 289 g/mol. The van der Waals surface area contributed by atoms with Gasteiger partial charge in [0, 0.05) is 0 Å². The molecule has 104 valence electrons. The molecular formula is C15H15NO3S. The summed E-state index contributed by atoms with van der Waals surface area (Å²) in [6, 6.07) is 9.45. The van der Waals surface area contributed by atoms with E-state index in [1.54, 1.807) is 0 Å². The maximum absolute atomic E-state index is 12.0. The Morgan fingerprint density at radius 2 is 1.95 bits per heavy atom. The second-order valence-corrected chi connectivity index (χ2v) is 5.20. The molecule has 1 aromatic carbocycles. The van der Waals surface area contributed by atoms with E-state index < -0.39 is 5.97 Å². The molecule has 5 heteroatoms. The molecule has 0 atom stereocenters. The SMILES string of the molecule is COC(=O)c1c(C)csc1NC(=O)Cc1ccccc1. The van der Waals surface area contributed by atoms with Gasteiger partial charge in [0.05, 0.1) is 19.1 Å². The summed E-state index contributed by atoms with van der Waals surface area (Å²) in [7, 11) is 1.33. The molecule has 0 bridgehead atoms. The molecule has 0 aliphatic carbocycles. The highest BCUT2D eigenvalue weighted by Crippen LogP contribution is 2.28. The molecule has 1 amide bonds. The molecule has 0 saturated carbocycles. The van der Waals surface area contributed by atoms with E-state index in [0.717, 1.165) is 11.1 Å². The topological polar surface area (TPSA) is 55.4 Å². The lowest BCUT2D eigenvalue weighted by Gasteiger charge is -2.06. The first kappa shape index (κ1) is 14.3.